The lowest BCUT2D eigenvalue weighted by Gasteiger charge is -2.17. The maximum atomic E-state index is 12.2. The van der Waals surface area contributed by atoms with E-state index in [1.165, 1.54) is 30.8 Å². The molecule has 1 N–H and O–H groups in total. The Kier molecular flexibility index (Phi) is 5.76. The van der Waals surface area contributed by atoms with Gasteiger partial charge in [-0.15, -0.1) is 5.10 Å². The molecule has 19 heavy (non-hydrogen) atoms. The fourth-order valence-electron chi connectivity index (χ4n) is 2.67. The Morgan fingerprint density at radius 3 is 3.00 bits per heavy atom. The molecule has 0 saturated heterocycles. The van der Waals surface area contributed by atoms with Crippen molar-refractivity contribution in [3.05, 3.63) is 10.6 Å². The molecule has 1 fully saturated rings. The molecular formula is C13H20BrN3OS. The molecule has 1 heterocycles. The maximum absolute atomic E-state index is 12.2. The minimum atomic E-state index is -0.00123. The van der Waals surface area contributed by atoms with Gasteiger partial charge >= 0.3 is 0 Å². The first-order valence-corrected chi connectivity index (χ1v) is 8.81. The summed E-state index contributed by atoms with van der Waals surface area (Å²) in [5, 5.41) is 8.14. The van der Waals surface area contributed by atoms with Crippen LogP contribution in [0.3, 0.4) is 0 Å². The van der Waals surface area contributed by atoms with E-state index in [-0.39, 0.29) is 5.91 Å². The molecular weight excluding hydrogens is 326 g/mol. The second-order valence-electron chi connectivity index (χ2n) is 5.11. The van der Waals surface area contributed by atoms with E-state index in [4.69, 9.17) is 0 Å². The number of carbonyl (C=O) groups is 1. The van der Waals surface area contributed by atoms with Crippen molar-refractivity contribution < 1.29 is 4.79 Å². The molecule has 2 atom stereocenters. The number of hydrogen-bond acceptors (Lipinski definition) is 4. The van der Waals surface area contributed by atoms with Gasteiger partial charge in [0.25, 0.3) is 5.91 Å². The third-order valence-corrected chi connectivity index (χ3v) is 5.39. The first-order valence-electron chi connectivity index (χ1n) is 6.91. The number of hydrogen-bond donors (Lipinski definition) is 1. The second kappa shape index (κ2) is 7.33. The van der Waals surface area contributed by atoms with E-state index in [1.807, 2.05) is 0 Å². The Balaban J connectivity index is 1.88. The molecule has 1 aliphatic rings. The molecule has 2 unspecified atom stereocenters. The number of nitrogens with zero attached hydrogens (tertiary/aromatic N) is 2. The number of aryl methyl sites for hydroxylation is 1. The molecule has 1 saturated carbocycles. The number of aromatic nitrogens is 2. The van der Waals surface area contributed by atoms with Crippen LogP contribution in [0, 0.1) is 11.8 Å². The Morgan fingerprint density at radius 2 is 2.26 bits per heavy atom. The molecule has 0 radical (unpaired) electrons. The fraction of sp³-hybridized carbons (Fsp3) is 0.769. The maximum Gasteiger partial charge on any atom is 0.264 e. The Morgan fingerprint density at radius 1 is 1.47 bits per heavy atom. The van der Waals surface area contributed by atoms with Crippen molar-refractivity contribution in [3.63, 3.8) is 0 Å². The highest BCUT2D eigenvalue weighted by Crippen LogP contribution is 2.32. The smallest absolute Gasteiger partial charge is 0.264 e. The molecule has 106 valence electrons. The molecule has 1 amide bonds. The van der Waals surface area contributed by atoms with Gasteiger partial charge in [0.1, 0.15) is 4.88 Å². The lowest BCUT2D eigenvalue weighted by atomic mass is 9.98. The Bertz CT molecular complexity index is 424. The van der Waals surface area contributed by atoms with Crippen LogP contribution in [0.4, 0.5) is 0 Å². The minimum absolute atomic E-state index is 0.00123. The van der Waals surface area contributed by atoms with Crippen LogP contribution >= 0.6 is 27.5 Å². The van der Waals surface area contributed by atoms with Gasteiger partial charge in [0.15, 0.2) is 0 Å². The van der Waals surface area contributed by atoms with Crippen LogP contribution in [0.2, 0.25) is 0 Å². The monoisotopic (exact) mass is 345 g/mol. The normalized spacial score (nSPS) is 22.6. The quantitative estimate of drug-likeness (QED) is 0.806. The summed E-state index contributed by atoms with van der Waals surface area (Å²) in [5.74, 6) is 1.31. The molecule has 4 nitrogen and oxygen atoms in total. The van der Waals surface area contributed by atoms with E-state index in [1.54, 1.807) is 0 Å². The van der Waals surface area contributed by atoms with Crippen molar-refractivity contribution in [3.8, 4) is 0 Å². The summed E-state index contributed by atoms with van der Waals surface area (Å²) in [7, 11) is 0. The third-order valence-electron chi connectivity index (χ3n) is 3.79. The van der Waals surface area contributed by atoms with Crippen LogP contribution in [0.5, 0.6) is 0 Å². The molecule has 1 aliphatic carbocycles. The van der Waals surface area contributed by atoms with E-state index in [0.717, 1.165) is 30.4 Å². The minimum Gasteiger partial charge on any atom is -0.351 e. The molecule has 2 rings (SSSR count). The second-order valence-corrected chi connectivity index (χ2v) is 6.52. The molecule has 1 aromatic rings. The number of carbonyl (C=O) groups excluding carboxylic acids is 1. The average molecular weight is 346 g/mol. The van der Waals surface area contributed by atoms with E-state index in [0.29, 0.717) is 16.7 Å². The van der Waals surface area contributed by atoms with E-state index < -0.39 is 0 Å². The molecule has 6 heteroatoms. The van der Waals surface area contributed by atoms with E-state index in [9.17, 15) is 4.79 Å². The van der Waals surface area contributed by atoms with Crippen molar-refractivity contribution in [2.75, 3.05) is 11.9 Å². The van der Waals surface area contributed by atoms with Gasteiger partial charge in [-0.1, -0.05) is 40.2 Å². The Labute approximate surface area is 126 Å². The van der Waals surface area contributed by atoms with Crippen molar-refractivity contribution in [2.24, 2.45) is 11.8 Å². The predicted octanol–water partition coefficient (Wildman–Crippen LogP) is 3.03. The van der Waals surface area contributed by atoms with Crippen LogP contribution in [0.25, 0.3) is 0 Å². The molecule has 1 aromatic heterocycles. The van der Waals surface area contributed by atoms with Gasteiger partial charge in [0, 0.05) is 11.9 Å². The first kappa shape index (κ1) is 14.9. The zero-order chi connectivity index (χ0) is 13.7. The summed E-state index contributed by atoms with van der Waals surface area (Å²) in [4.78, 5) is 12.9. The van der Waals surface area contributed by atoms with Crippen LogP contribution in [-0.4, -0.2) is 27.4 Å². The van der Waals surface area contributed by atoms with Gasteiger partial charge in [-0.3, -0.25) is 4.79 Å². The van der Waals surface area contributed by atoms with Gasteiger partial charge in [0.05, 0.1) is 5.69 Å². The van der Waals surface area contributed by atoms with Crippen LogP contribution in [0.1, 0.15) is 48.0 Å². The standard InChI is InChI=1S/C13H20BrN3OS/c1-2-4-11-12(19-17-16-11)13(18)15-8-10-6-3-5-9(10)7-14/h9-10H,2-8H2,1H3,(H,15,18). The summed E-state index contributed by atoms with van der Waals surface area (Å²) in [6.07, 6.45) is 5.58. The Hall–Kier alpha value is -0.490. The van der Waals surface area contributed by atoms with Crippen molar-refractivity contribution in [1.29, 1.82) is 0 Å². The van der Waals surface area contributed by atoms with Gasteiger partial charge in [-0.2, -0.15) is 0 Å². The van der Waals surface area contributed by atoms with E-state index >= 15 is 0 Å². The largest absolute Gasteiger partial charge is 0.351 e. The first-order chi connectivity index (χ1) is 9.26. The highest BCUT2D eigenvalue weighted by molar-refractivity contribution is 9.09. The molecule has 0 aromatic carbocycles. The summed E-state index contributed by atoms with van der Waals surface area (Å²) >= 11 is 4.77. The summed E-state index contributed by atoms with van der Waals surface area (Å²) in [5.41, 5.74) is 0.841. The van der Waals surface area contributed by atoms with Crippen LogP contribution in [-0.2, 0) is 6.42 Å². The number of halogens is 1. The van der Waals surface area contributed by atoms with Crippen molar-refractivity contribution in [2.45, 2.75) is 39.0 Å². The summed E-state index contributed by atoms with van der Waals surface area (Å²) in [6, 6.07) is 0. The van der Waals surface area contributed by atoms with Gasteiger partial charge in [0.2, 0.25) is 0 Å². The van der Waals surface area contributed by atoms with Gasteiger partial charge in [-0.05, 0) is 42.6 Å². The van der Waals surface area contributed by atoms with Gasteiger partial charge < -0.3 is 5.32 Å². The zero-order valence-corrected chi connectivity index (χ0v) is 13.6. The van der Waals surface area contributed by atoms with Gasteiger partial charge in [-0.25, -0.2) is 0 Å². The van der Waals surface area contributed by atoms with E-state index in [2.05, 4.69) is 37.8 Å². The van der Waals surface area contributed by atoms with Crippen molar-refractivity contribution in [1.82, 2.24) is 14.9 Å². The average Bonchev–Trinajstić information content (AvgIpc) is 3.04. The highest BCUT2D eigenvalue weighted by Gasteiger charge is 2.27. The lowest BCUT2D eigenvalue weighted by Crippen LogP contribution is -2.31. The topological polar surface area (TPSA) is 54.9 Å². The number of alkyl halides is 1. The predicted molar refractivity (Wildman–Crippen MR) is 80.9 cm³/mol. The number of rotatable bonds is 6. The third kappa shape index (κ3) is 3.75. The van der Waals surface area contributed by atoms with Crippen LogP contribution in [0.15, 0.2) is 0 Å². The molecule has 0 spiro atoms. The number of nitrogens with one attached hydrogen (secondary N) is 1. The van der Waals surface area contributed by atoms with Crippen molar-refractivity contribution >= 4 is 33.4 Å². The molecule has 0 aliphatic heterocycles. The summed E-state index contributed by atoms with van der Waals surface area (Å²) < 4.78 is 3.90. The number of amides is 1. The lowest BCUT2D eigenvalue weighted by molar-refractivity contribution is 0.0947. The SMILES string of the molecule is CCCc1nnsc1C(=O)NCC1CCCC1CBr. The molecule has 0 bridgehead atoms. The summed E-state index contributed by atoms with van der Waals surface area (Å²) in [6.45, 7) is 2.86. The zero-order valence-electron chi connectivity index (χ0n) is 11.2. The fourth-order valence-corrected chi connectivity index (χ4v) is 4.15. The highest BCUT2D eigenvalue weighted by atomic mass is 79.9. The van der Waals surface area contributed by atoms with Crippen LogP contribution < -0.4 is 5.32 Å².